The highest BCUT2D eigenvalue weighted by Crippen LogP contribution is 2.35. The molecule has 5 heteroatoms. The SMILES string of the molecule is Cc1cccc2c1C(C)N(CC(=O)O)C(C=O)N2. The van der Waals surface area contributed by atoms with Crippen LogP contribution in [0.5, 0.6) is 0 Å². The van der Waals surface area contributed by atoms with Gasteiger partial charge in [-0.15, -0.1) is 0 Å². The lowest BCUT2D eigenvalue weighted by Gasteiger charge is -2.40. The van der Waals surface area contributed by atoms with Crippen molar-refractivity contribution in [1.82, 2.24) is 4.90 Å². The molecule has 0 spiro atoms. The average Bonchev–Trinajstić information content (AvgIpc) is 2.32. The summed E-state index contributed by atoms with van der Waals surface area (Å²) in [7, 11) is 0. The van der Waals surface area contributed by atoms with E-state index in [4.69, 9.17) is 5.11 Å². The zero-order chi connectivity index (χ0) is 13.3. The number of hydrogen-bond donors (Lipinski definition) is 2. The number of fused-ring (bicyclic) bond motifs is 1. The van der Waals surface area contributed by atoms with E-state index in [1.54, 1.807) is 4.90 Å². The number of nitrogens with zero attached hydrogens (tertiary/aromatic N) is 1. The van der Waals surface area contributed by atoms with Crippen molar-refractivity contribution in [3.63, 3.8) is 0 Å². The van der Waals surface area contributed by atoms with Crippen LogP contribution in [0.25, 0.3) is 0 Å². The zero-order valence-electron chi connectivity index (χ0n) is 10.4. The van der Waals surface area contributed by atoms with E-state index in [1.807, 2.05) is 32.0 Å². The molecular weight excluding hydrogens is 232 g/mol. The molecule has 0 saturated heterocycles. The van der Waals surface area contributed by atoms with Crippen LogP contribution in [0.3, 0.4) is 0 Å². The van der Waals surface area contributed by atoms with Crippen molar-refractivity contribution in [1.29, 1.82) is 0 Å². The van der Waals surface area contributed by atoms with E-state index < -0.39 is 12.1 Å². The molecule has 0 aliphatic carbocycles. The number of hydrogen-bond acceptors (Lipinski definition) is 4. The fourth-order valence-electron chi connectivity index (χ4n) is 2.51. The molecule has 1 aromatic rings. The van der Waals surface area contributed by atoms with Crippen LogP contribution in [0, 0.1) is 6.92 Å². The minimum atomic E-state index is -0.937. The minimum absolute atomic E-state index is 0.103. The standard InChI is InChI=1S/C13H16N2O3/c1-8-4-3-5-10-13(8)9(2)15(6-12(17)18)11(7-16)14-10/h3-5,7,9,11,14H,6H2,1-2H3,(H,17,18). The Kier molecular flexibility index (Phi) is 3.34. The van der Waals surface area contributed by atoms with Gasteiger partial charge < -0.3 is 10.4 Å². The topological polar surface area (TPSA) is 69.6 Å². The molecule has 2 atom stereocenters. The van der Waals surface area contributed by atoms with Gasteiger partial charge in [-0.2, -0.15) is 0 Å². The van der Waals surface area contributed by atoms with Crippen LogP contribution in [0.15, 0.2) is 18.2 Å². The molecule has 1 aromatic carbocycles. The maximum atomic E-state index is 11.1. The highest BCUT2D eigenvalue weighted by molar-refractivity contribution is 5.73. The number of rotatable bonds is 3. The largest absolute Gasteiger partial charge is 0.480 e. The predicted molar refractivity (Wildman–Crippen MR) is 67.4 cm³/mol. The Bertz CT molecular complexity index is 487. The van der Waals surface area contributed by atoms with E-state index in [-0.39, 0.29) is 12.6 Å². The van der Waals surface area contributed by atoms with Crippen molar-refractivity contribution < 1.29 is 14.7 Å². The number of carbonyl (C=O) groups excluding carboxylic acids is 1. The Morgan fingerprint density at radius 2 is 2.28 bits per heavy atom. The number of aliphatic carboxylic acids is 1. The first-order valence-electron chi connectivity index (χ1n) is 5.83. The molecule has 2 rings (SSSR count). The minimum Gasteiger partial charge on any atom is -0.480 e. The number of nitrogens with one attached hydrogen (secondary N) is 1. The smallest absolute Gasteiger partial charge is 0.317 e. The third-order valence-electron chi connectivity index (χ3n) is 3.35. The van der Waals surface area contributed by atoms with Gasteiger partial charge in [-0.3, -0.25) is 14.5 Å². The molecule has 1 aliphatic rings. The van der Waals surface area contributed by atoms with Crippen molar-refractivity contribution in [2.45, 2.75) is 26.1 Å². The summed E-state index contributed by atoms with van der Waals surface area (Å²) in [5.41, 5.74) is 3.05. The molecule has 18 heavy (non-hydrogen) atoms. The summed E-state index contributed by atoms with van der Waals surface area (Å²) in [4.78, 5) is 23.6. The second kappa shape index (κ2) is 4.78. The van der Waals surface area contributed by atoms with E-state index >= 15 is 0 Å². The summed E-state index contributed by atoms with van der Waals surface area (Å²) in [6.07, 6.45) is 0.149. The lowest BCUT2D eigenvalue weighted by atomic mass is 9.96. The summed E-state index contributed by atoms with van der Waals surface area (Å²) >= 11 is 0. The van der Waals surface area contributed by atoms with Crippen molar-refractivity contribution >= 4 is 17.9 Å². The average molecular weight is 248 g/mol. The van der Waals surface area contributed by atoms with Gasteiger partial charge in [0.15, 0.2) is 6.29 Å². The van der Waals surface area contributed by atoms with E-state index in [0.717, 1.165) is 23.1 Å². The number of anilines is 1. The van der Waals surface area contributed by atoms with Crippen LogP contribution in [0.2, 0.25) is 0 Å². The highest BCUT2D eigenvalue weighted by atomic mass is 16.4. The van der Waals surface area contributed by atoms with Crippen LogP contribution in [-0.4, -0.2) is 35.0 Å². The maximum Gasteiger partial charge on any atom is 0.317 e. The first-order valence-corrected chi connectivity index (χ1v) is 5.83. The van der Waals surface area contributed by atoms with Crippen molar-refractivity contribution in [3.05, 3.63) is 29.3 Å². The van der Waals surface area contributed by atoms with Gasteiger partial charge in [0.05, 0.1) is 6.54 Å². The molecule has 5 nitrogen and oxygen atoms in total. The zero-order valence-corrected chi connectivity index (χ0v) is 10.4. The van der Waals surface area contributed by atoms with Crippen LogP contribution in [-0.2, 0) is 9.59 Å². The van der Waals surface area contributed by atoms with Gasteiger partial charge in [0, 0.05) is 11.7 Å². The van der Waals surface area contributed by atoms with Gasteiger partial charge in [-0.05, 0) is 31.0 Å². The molecule has 0 aromatic heterocycles. The Labute approximate surface area is 105 Å². The molecule has 2 unspecified atom stereocenters. The number of aryl methyl sites for hydroxylation is 1. The number of aldehydes is 1. The predicted octanol–water partition coefficient (Wildman–Crippen LogP) is 1.39. The Balaban J connectivity index is 2.42. The Hall–Kier alpha value is -1.88. The summed E-state index contributed by atoms with van der Waals surface area (Å²) < 4.78 is 0. The first kappa shape index (κ1) is 12.6. The third kappa shape index (κ3) is 2.09. The normalized spacial score (nSPS) is 23.0. The van der Waals surface area contributed by atoms with Crippen molar-refractivity contribution in [2.24, 2.45) is 0 Å². The molecular formula is C13H16N2O3. The second-order valence-corrected chi connectivity index (χ2v) is 4.50. The van der Waals surface area contributed by atoms with Gasteiger partial charge in [0.1, 0.15) is 6.17 Å². The molecule has 0 bridgehead atoms. The molecule has 0 saturated carbocycles. The first-order chi connectivity index (χ1) is 8.54. The van der Waals surface area contributed by atoms with E-state index in [0.29, 0.717) is 0 Å². The lowest BCUT2D eigenvalue weighted by Crippen LogP contribution is -2.49. The lowest BCUT2D eigenvalue weighted by molar-refractivity contribution is -0.139. The van der Waals surface area contributed by atoms with Crippen LogP contribution >= 0.6 is 0 Å². The second-order valence-electron chi connectivity index (χ2n) is 4.50. The van der Waals surface area contributed by atoms with Gasteiger partial charge in [-0.25, -0.2) is 0 Å². The fourth-order valence-corrected chi connectivity index (χ4v) is 2.51. The van der Waals surface area contributed by atoms with Crippen molar-refractivity contribution in [2.75, 3.05) is 11.9 Å². The molecule has 2 N–H and O–H groups in total. The van der Waals surface area contributed by atoms with Crippen LogP contribution in [0.4, 0.5) is 5.69 Å². The van der Waals surface area contributed by atoms with Gasteiger partial charge in [0.2, 0.25) is 0 Å². The summed E-state index contributed by atoms with van der Waals surface area (Å²) in [5.74, 6) is -0.937. The number of carbonyl (C=O) groups is 2. The van der Waals surface area contributed by atoms with Gasteiger partial charge in [0.25, 0.3) is 0 Å². The van der Waals surface area contributed by atoms with E-state index in [1.165, 1.54) is 0 Å². The third-order valence-corrected chi connectivity index (χ3v) is 3.35. The van der Waals surface area contributed by atoms with E-state index in [9.17, 15) is 9.59 Å². The monoisotopic (exact) mass is 248 g/mol. The molecule has 0 radical (unpaired) electrons. The summed E-state index contributed by atoms with van der Waals surface area (Å²) in [5, 5.41) is 12.0. The maximum absolute atomic E-state index is 11.1. The van der Waals surface area contributed by atoms with Crippen LogP contribution in [0.1, 0.15) is 24.1 Å². The highest BCUT2D eigenvalue weighted by Gasteiger charge is 2.33. The van der Waals surface area contributed by atoms with Crippen molar-refractivity contribution in [3.8, 4) is 0 Å². The molecule has 1 aliphatic heterocycles. The molecule has 1 heterocycles. The summed E-state index contributed by atoms with van der Waals surface area (Å²) in [6, 6.07) is 5.71. The van der Waals surface area contributed by atoms with Crippen LogP contribution < -0.4 is 5.32 Å². The fraction of sp³-hybridized carbons (Fsp3) is 0.385. The number of carboxylic acid groups (broad SMARTS) is 1. The van der Waals surface area contributed by atoms with Gasteiger partial charge in [-0.1, -0.05) is 12.1 Å². The molecule has 0 amide bonds. The molecule has 96 valence electrons. The number of carboxylic acids is 1. The number of benzene rings is 1. The summed E-state index contributed by atoms with van der Waals surface area (Å²) in [6.45, 7) is 3.74. The molecule has 0 fully saturated rings. The Morgan fingerprint density at radius 1 is 1.56 bits per heavy atom. The quantitative estimate of drug-likeness (QED) is 0.791. The van der Waals surface area contributed by atoms with Gasteiger partial charge >= 0.3 is 5.97 Å². The Morgan fingerprint density at radius 3 is 2.89 bits per heavy atom. The van der Waals surface area contributed by atoms with E-state index in [2.05, 4.69) is 5.32 Å².